The fraction of sp³-hybridized carbons (Fsp3) is 0.750. The van der Waals surface area contributed by atoms with E-state index < -0.39 is 10.8 Å². The highest BCUT2D eigenvalue weighted by atomic mass is 32.2. The minimum absolute atomic E-state index is 0.390. The summed E-state index contributed by atoms with van der Waals surface area (Å²) in [7, 11) is -0.693. The van der Waals surface area contributed by atoms with E-state index in [1.54, 1.807) is 6.26 Å². The molecule has 0 aliphatic carbocycles. The van der Waals surface area contributed by atoms with Gasteiger partial charge in [0.05, 0.1) is 6.20 Å². The van der Waals surface area contributed by atoms with Crippen molar-refractivity contribution in [2.45, 2.75) is 45.8 Å². The first kappa shape index (κ1) is 14.4. The van der Waals surface area contributed by atoms with Gasteiger partial charge in [0.15, 0.2) is 0 Å². The summed E-state index contributed by atoms with van der Waals surface area (Å²) in [6.45, 7) is 7.18. The molecular formula is C12H23N3OS. The zero-order valence-electron chi connectivity index (χ0n) is 11.1. The normalized spacial score (nSPS) is 15.1. The average molecular weight is 257 g/mol. The third kappa shape index (κ3) is 5.46. The van der Waals surface area contributed by atoms with Crippen LogP contribution in [0.15, 0.2) is 12.4 Å². The van der Waals surface area contributed by atoms with Crippen LogP contribution < -0.4 is 5.32 Å². The van der Waals surface area contributed by atoms with Crippen LogP contribution in [0, 0.1) is 0 Å². The third-order valence-corrected chi connectivity index (χ3v) is 3.49. The molecule has 0 bridgehead atoms. The minimum atomic E-state index is -0.693. The molecular weight excluding hydrogens is 234 g/mol. The number of nitrogens with one attached hydrogen (secondary N) is 1. The number of nitrogens with zero attached hydrogens (tertiary/aromatic N) is 2. The fourth-order valence-corrected chi connectivity index (χ4v) is 2.17. The van der Waals surface area contributed by atoms with Crippen molar-refractivity contribution < 1.29 is 4.21 Å². The first-order valence-electron chi connectivity index (χ1n) is 6.05. The largest absolute Gasteiger partial charge is 0.310 e. The zero-order valence-corrected chi connectivity index (χ0v) is 12.0. The Morgan fingerprint density at radius 1 is 1.47 bits per heavy atom. The minimum Gasteiger partial charge on any atom is -0.310 e. The monoisotopic (exact) mass is 257 g/mol. The maximum Gasteiger partial charge on any atom is 0.0534 e. The van der Waals surface area contributed by atoms with E-state index in [1.165, 1.54) is 5.56 Å². The van der Waals surface area contributed by atoms with Crippen LogP contribution in [-0.2, 0) is 17.3 Å². The van der Waals surface area contributed by atoms with E-state index >= 15 is 0 Å². The van der Waals surface area contributed by atoms with E-state index in [-0.39, 0.29) is 0 Å². The second-order valence-electron chi connectivity index (χ2n) is 4.77. The van der Waals surface area contributed by atoms with Gasteiger partial charge in [-0.3, -0.25) is 8.89 Å². The molecule has 1 aromatic rings. The Balaban J connectivity index is 2.31. The summed E-state index contributed by atoms with van der Waals surface area (Å²) in [6, 6.07) is 0.796. The number of hydrogen-bond acceptors (Lipinski definition) is 3. The second kappa shape index (κ2) is 6.91. The van der Waals surface area contributed by atoms with Gasteiger partial charge in [0.2, 0.25) is 0 Å². The maximum atomic E-state index is 11.0. The number of aromatic nitrogens is 2. The Hall–Kier alpha value is -0.680. The van der Waals surface area contributed by atoms with Gasteiger partial charge in [-0.25, -0.2) is 0 Å². The molecule has 17 heavy (non-hydrogen) atoms. The van der Waals surface area contributed by atoms with E-state index in [2.05, 4.69) is 37.4 Å². The van der Waals surface area contributed by atoms with Gasteiger partial charge in [0.1, 0.15) is 0 Å². The first-order chi connectivity index (χ1) is 7.99. The van der Waals surface area contributed by atoms with Gasteiger partial charge in [0.25, 0.3) is 0 Å². The van der Waals surface area contributed by atoms with E-state index in [9.17, 15) is 4.21 Å². The molecule has 2 unspecified atom stereocenters. The molecule has 1 heterocycles. The topological polar surface area (TPSA) is 46.9 Å². The Morgan fingerprint density at radius 3 is 2.71 bits per heavy atom. The van der Waals surface area contributed by atoms with E-state index in [4.69, 9.17) is 0 Å². The van der Waals surface area contributed by atoms with Crippen molar-refractivity contribution in [3.63, 3.8) is 0 Å². The number of hydrogen-bond donors (Lipinski definition) is 1. The molecule has 1 N–H and O–H groups in total. The predicted molar refractivity (Wildman–Crippen MR) is 72.5 cm³/mol. The van der Waals surface area contributed by atoms with Gasteiger partial charge >= 0.3 is 0 Å². The summed E-state index contributed by atoms with van der Waals surface area (Å²) in [5.41, 5.74) is 1.20. The van der Waals surface area contributed by atoms with Crippen LogP contribution in [0.4, 0.5) is 0 Å². The van der Waals surface area contributed by atoms with Gasteiger partial charge in [0, 0.05) is 53.2 Å². The fourth-order valence-electron chi connectivity index (χ4n) is 1.49. The van der Waals surface area contributed by atoms with Crippen molar-refractivity contribution in [3.8, 4) is 0 Å². The molecule has 5 heteroatoms. The highest BCUT2D eigenvalue weighted by Gasteiger charge is 2.05. The smallest absolute Gasteiger partial charge is 0.0534 e. The molecule has 0 spiro atoms. The van der Waals surface area contributed by atoms with Crippen LogP contribution in [-0.4, -0.2) is 32.0 Å². The lowest BCUT2D eigenvalue weighted by molar-refractivity contribution is 0.525. The van der Waals surface area contributed by atoms with Crippen molar-refractivity contribution in [1.82, 2.24) is 15.1 Å². The molecule has 0 aromatic carbocycles. The second-order valence-corrected chi connectivity index (χ2v) is 6.32. The summed E-state index contributed by atoms with van der Waals surface area (Å²) < 4.78 is 12.9. The summed E-state index contributed by atoms with van der Waals surface area (Å²) >= 11 is 0. The highest BCUT2D eigenvalue weighted by Crippen LogP contribution is 2.05. The molecule has 4 nitrogen and oxygen atoms in total. The molecule has 1 rings (SSSR count). The predicted octanol–water partition coefficient (Wildman–Crippen LogP) is 1.71. The molecule has 0 amide bonds. The molecule has 98 valence electrons. The quantitative estimate of drug-likeness (QED) is 0.809. The Morgan fingerprint density at radius 2 is 2.18 bits per heavy atom. The third-order valence-electron chi connectivity index (χ3n) is 2.68. The van der Waals surface area contributed by atoms with Crippen LogP contribution in [0.25, 0.3) is 0 Å². The van der Waals surface area contributed by atoms with E-state index in [0.29, 0.717) is 12.1 Å². The molecule has 0 aliphatic heterocycles. The SMILES string of the molecule is CC(CCS(C)=O)NCc1cnn(C(C)C)c1. The van der Waals surface area contributed by atoms with Crippen LogP contribution in [0.5, 0.6) is 0 Å². The summed E-state index contributed by atoms with van der Waals surface area (Å²) in [5.74, 6) is 0.763. The Labute approximate surface area is 106 Å². The van der Waals surface area contributed by atoms with Crippen LogP contribution in [0.3, 0.4) is 0 Å². The van der Waals surface area contributed by atoms with Gasteiger partial charge in [-0.1, -0.05) is 0 Å². The standard InChI is InChI=1S/C12H23N3OS/c1-10(2)15-9-12(8-14-15)7-13-11(3)5-6-17(4)16/h8-11,13H,5-7H2,1-4H3. The summed E-state index contributed by atoms with van der Waals surface area (Å²) in [4.78, 5) is 0. The molecule has 0 aliphatic rings. The first-order valence-corrected chi connectivity index (χ1v) is 7.78. The molecule has 1 aromatic heterocycles. The lowest BCUT2D eigenvalue weighted by Crippen LogP contribution is -2.26. The van der Waals surface area contributed by atoms with Crippen molar-refractivity contribution in [2.24, 2.45) is 0 Å². The Kier molecular flexibility index (Phi) is 5.85. The van der Waals surface area contributed by atoms with E-state index in [0.717, 1.165) is 18.7 Å². The zero-order chi connectivity index (χ0) is 12.8. The van der Waals surface area contributed by atoms with Gasteiger partial charge < -0.3 is 5.32 Å². The summed E-state index contributed by atoms with van der Waals surface area (Å²) in [6.07, 6.45) is 6.67. The van der Waals surface area contributed by atoms with Crippen molar-refractivity contribution in [2.75, 3.05) is 12.0 Å². The molecule has 2 atom stereocenters. The van der Waals surface area contributed by atoms with Crippen LogP contribution in [0.1, 0.15) is 38.8 Å². The van der Waals surface area contributed by atoms with Gasteiger partial charge in [-0.05, 0) is 27.2 Å². The molecule has 0 saturated carbocycles. The molecule has 0 fully saturated rings. The van der Waals surface area contributed by atoms with Crippen molar-refractivity contribution in [1.29, 1.82) is 0 Å². The highest BCUT2D eigenvalue weighted by molar-refractivity contribution is 7.84. The van der Waals surface area contributed by atoms with Crippen molar-refractivity contribution in [3.05, 3.63) is 18.0 Å². The summed E-state index contributed by atoms with van der Waals surface area (Å²) in [5, 5.41) is 7.71. The molecule has 0 radical (unpaired) electrons. The molecule has 0 saturated heterocycles. The Bertz CT molecular complexity index is 362. The maximum absolute atomic E-state index is 11.0. The van der Waals surface area contributed by atoms with Crippen molar-refractivity contribution >= 4 is 10.8 Å². The van der Waals surface area contributed by atoms with E-state index in [1.807, 2.05) is 10.9 Å². The number of rotatable bonds is 7. The average Bonchev–Trinajstić information content (AvgIpc) is 2.72. The lowest BCUT2D eigenvalue weighted by atomic mass is 10.2. The lowest BCUT2D eigenvalue weighted by Gasteiger charge is -2.11. The van der Waals surface area contributed by atoms with Gasteiger partial charge in [-0.2, -0.15) is 5.10 Å². The van der Waals surface area contributed by atoms with Gasteiger partial charge in [-0.15, -0.1) is 0 Å². The van der Waals surface area contributed by atoms with Crippen LogP contribution in [0.2, 0.25) is 0 Å². The van der Waals surface area contributed by atoms with Crippen LogP contribution >= 0.6 is 0 Å².